The van der Waals surface area contributed by atoms with Gasteiger partial charge >= 0.3 is 6.18 Å². The third-order valence-corrected chi connectivity index (χ3v) is 7.24. The Kier molecular flexibility index (Phi) is 6.23. The van der Waals surface area contributed by atoms with Crippen molar-refractivity contribution in [2.45, 2.75) is 50.2 Å². The van der Waals surface area contributed by atoms with Gasteiger partial charge in [-0.25, -0.2) is 0 Å². The Hall–Kier alpha value is -2.87. The van der Waals surface area contributed by atoms with Crippen molar-refractivity contribution in [3.05, 3.63) is 64.2 Å². The zero-order chi connectivity index (χ0) is 24.8. The number of amides is 1. The minimum absolute atomic E-state index is 0.0295. The number of anilines is 1. The summed E-state index contributed by atoms with van der Waals surface area (Å²) in [6.45, 7) is 1.98. The third-order valence-electron chi connectivity index (χ3n) is 6.94. The van der Waals surface area contributed by atoms with E-state index in [1.165, 1.54) is 15.9 Å². The fourth-order valence-electron chi connectivity index (χ4n) is 5.29. The molecule has 0 saturated heterocycles. The second kappa shape index (κ2) is 8.73. The lowest BCUT2D eigenvalue weighted by Crippen LogP contribution is -2.44. The van der Waals surface area contributed by atoms with E-state index in [0.717, 1.165) is 30.8 Å². The number of nitrogens with zero attached hydrogens (tertiary/aromatic N) is 2. The second-order valence-corrected chi connectivity index (χ2v) is 9.67. The second-order valence-electron chi connectivity index (χ2n) is 9.40. The lowest BCUT2D eigenvalue weighted by atomic mass is 9.57. The van der Waals surface area contributed by atoms with Crippen LogP contribution in [-0.2, 0) is 24.0 Å². The summed E-state index contributed by atoms with van der Waals surface area (Å²) in [7, 11) is 1.66. The van der Waals surface area contributed by atoms with Crippen molar-refractivity contribution in [2.24, 2.45) is 5.92 Å². The zero-order valence-corrected chi connectivity index (χ0v) is 19.7. The van der Waals surface area contributed by atoms with E-state index in [2.05, 4.69) is 6.92 Å². The number of fused-ring (bicyclic) bond motifs is 1. The van der Waals surface area contributed by atoms with E-state index in [9.17, 15) is 18.0 Å². The van der Waals surface area contributed by atoms with Crippen LogP contribution in [0.2, 0.25) is 0 Å². The number of benzene rings is 2. The molecule has 5 nitrogen and oxygen atoms in total. The topological polar surface area (TPSA) is 71.2 Å². The number of alkyl halides is 4. The molecule has 0 spiro atoms. The van der Waals surface area contributed by atoms with Crippen molar-refractivity contribution in [1.29, 1.82) is 10.8 Å². The molecular weight excluding hydrogens is 465 g/mol. The van der Waals surface area contributed by atoms with Gasteiger partial charge in [0.25, 0.3) is 5.91 Å². The van der Waals surface area contributed by atoms with E-state index in [0.29, 0.717) is 23.9 Å². The fraction of sp³-hybridized carbons (Fsp3) is 0.400. The highest BCUT2D eigenvalue weighted by atomic mass is 35.5. The first-order valence-electron chi connectivity index (χ1n) is 11.0. The molecule has 0 aromatic heterocycles. The van der Waals surface area contributed by atoms with Crippen molar-refractivity contribution in [2.75, 3.05) is 11.9 Å². The molecular formula is C25H26ClF3N4O. The molecule has 0 bridgehead atoms. The van der Waals surface area contributed by atoms with E-state index in [1.54, 1.807) is 13.1 Å². The lowest BCUT2D eigenvalue weighted by molar-refractivity contribution is -0.138. The first-order chi connectivity index (χ1) is 16.0. The predicted molar refractivity (Wildman–Crippen MR) is 127 cm³/mol. The zero-order valence-electron chi connectivity index (χ0n) is 19.0. The third kappa shape index (κ3) is 4.19. The average molecular weight is 491 g/mol. The normalized spacial score (nSPS) is 21.8. The van der Waals surface area contributed by atoms with E-state index in [4.69, 9.17) is 22.4 Å². The standard InChI is InChI=1S/C25H26ClF3N4O/c1-15-9-24(10-15,11-22(31)32(2)14-30)17-4-3-5-18(8-17)33-13-20-19(23(33)34)6-16(12-26)7-21(20)25(27,28)29/h3-8,14-15,30-31H,9-13H2,1-2H3. The first kappa shape index (κ1) is 24.3. The van der Waals surface area contributed by atoms with Gasteiger partial charge in [0.05, 0.1) is 18.4 Å². The minimum atomic E-state index is -4.59. The minimum Gasteiger partial charge on any atom is -0.325 e. The highest BCUT2D eigenvalue weighted by molar-refractivity contribution is 6.17. The Morgan fingerprint density at radius 1 is 1.29 bits per heavy atom. The molecule has 1 saturated carbocycles. The van der Waals surface area contributed by atoms with Gasteiger partial charge in [0.1, 0.15) is 5.84 Å². The van der Waals surface area contributed by atoms with Crippen molar-refractivity contribution >= 4 is 35.4 Å². The van der Waals surface area contributed by atoms with Gasteiger partial charge in [0.15, 0.2) is 0 Å². The maximum atomic E-state index is 13.7. The molecule has 2 aromatic carbocycles. The summed E-state index contributed by atoms with van der Waals surface area (Å²) >= 11 is 5.80. The van der Waals surface area contributed by atoms with Gasteiger partial charge < -0.3 is 9.80 Å². The first-order valence-corrected chi connectivity index (χ1v) is 11.5. The Morgan fingerprint density at radius 2 is 2.00 bits per heavy atom. The van der Waals surface area contributed by atoms with E-state index >= 15 is 0 Å². The molecule has 1 amide bonds. The SMILES string of the molecule is CC1CC(CC(=N)N(C)C=N)(c2cccc(N3Cc4c(cc(CCl)cc4C(F)(F)F)C3=O)c2)C1. The van der Waals surface area contributed by atoms with Crippen LogP contribution in [0.5, 0.6) is 0 Å². The Bertz CT molecular complexity index is 1160. The molecule has 1 aliphatic carbocycles. The van der Waals surface area contributed by atoms with Crippen LogP contribution in [0.3, 0.4) is 0 Å². The summed E-state index contributed by atoms with van der Waals surface area (Å²) in [5.74, 6) is 0.204. The molecule has 1 aliphatic heterocycles. The van der Waals surface area contributed by atoms with Crippen molar-refractivity contribution in [3.63, 3.8) is 0 Å². The van der Waals surface area contributed by atoms with Crippen LogP contribution in [0.15, 0.2) is 36.4 Å². The van der Waals surface area contributed by atoms with Gasteiger partial charge in [-0.15, -0.1) is 11.6 Å². The Morgan fingerprint density at radius 3 is 2.59 bits per heavy atom. The van der Waals surface area contributed by atoms with Gasteiger partial charge in [-0.05, 0) is 59.7 Å². The number of hydrogen-bond donors (Lipinski definition) is 2. The molecule has 1 fully saturated rings. The average Bonchev–Trinajstić information content (AvgIpc) is 3.12. The molecule has 1 heterocycles. The molecule has 2 aliphatic rings. The summed E-state index contributed by atoms with van der Waals surface area (Å²) in [6, 6.07) is 9.83. The van der Waals surface area contributed by atoms with Crippen molar-refractivity contribution in [3.8, 4) is 0 Å². The molecule has 9 heteroatoms. The van der Waals surface area contributed by atoms with Crippen LogP contribution in [-0.4, -0.2) is 30.0 Å². The molecule has 0 atom stereocenters. The largest absolute Gasteiger partial charge is 0.416 e. The van der Waals surface area contributed by atoms with Gasteiger partial charge in [0, 0.05) is 36.0 Å². The summed E-state index contributed by atoms with van der Waals surface area (Å²) in [5.41, 5.74) is 0.628. The van der Waals surface area contributed by atoms with Crippen LogP contribution < -0.4 is 4.90 Å². The van der Waals surface area contributed by atoms with Crippen LogP contribution in [0.1, 0.15) is 58.8 Å². The monoisotopic (exact) mass is 490 g/mol. The molecule has 34 heavy (non-hydrogen) atoms. The van der Waals surface area contributed by atoms with Crippen LogP contribution in [0.25, 0.3) is 0 Å². The van der Waals surface area contributed by atoms with Gasteiger partial charge in [-0.2, -0.15) is 13.2 Å². The van der Waals surface area contributed by atoms with E-state index < -0.39 is 17.6 Å². The fourth-order valence-corrected chi connectivity index (χ4v) is 5.44. The highest BCUT2D eigenvalue weighted by Crippen LogP contribution is 2.51. The maximum absolute atomic E-state index is 13.7. The number of hydrogen-bond acceptors (Lipinski definition) is 3. The van der Waals surface area contributed by atoms with Crippen LogP contribution >= 0.6 is 11.6 Å². The summed E-state index contributed by atoms with van der Waals surface area (Å²) in [6.07, 6.45) is -1.33. The lowest BCUT2D eigenvalue weighted by Gasteiger charge is -2.48. The molecule has 180 valence electrons. The predicted octanol–water partition coefficient (Wildman–Crippen LogP) is 6.18. The number of nitrogens with one attached hydrogen (secondary N) is 2. The number of amidine groups is 1. The molecule has 0 radical (unpaired) electrons. The van der Waals surface area contributed by atoms with E-state index in [1.807, 2.05) is 18.2 Å². The van der Waals surface area contributed by atoms with E-state index in [-0.39, 0.29) is 34.5 Å². The smallest absolute Gasteiger partial charge is 0.325 e. The van der Waals surface area contributed by atoms with Crippen LogP contribution in [0, 0.1) is 16.7 Å². The van der Waals surface area contributed by atoms with Crippen LogP contribution in [0.4, 0.5) is 18.9 Å². The number of carbonyl (C=O) groups excluding carboxylic acids is 1. The van der Waals surface area contributed by atoms with Gasteiger partial charge in [-0.1, -0.05) is 19.1 Å². The summed E-state index contributed by atoms with van der Waals surface area (Å²) in [4.78, 5) is 16.0. The van der Waals surface area contributed by atoms with Gasteiger partial charge in [0.2, 0.25) is 0 Å². The van der Waals surface area contributed by atoms with Crippen molar-refractivity contribution in [1.82, 2.24) is 4.90 Å². The summed E-state index contributed by atoms with van der Waals surface area (Å²) in [5, 5.41) is 15.8. The Labute approximate surface area is 201 Å². The van der Waals surface area contributed by atoms with Gasteiger partial charge in [-0.3, -0.25) is 15.6 Å². The molecule has 4 rings (SSSR count). The number of carbonyl (C=O) groups is 1. The number of rotatable bonds is 6. The Balaban J connectivity index is 1.70. The molecule has 2 N–H and O–H groups in total. The maximum Gasteiger partial charge on any atom is 0.416 e. The molecule has 0 unspecified atom stereocenters. The quantitative estimate of drug-likeness (QED) is 0.288. The van der Waals surface area contributed by atoms with Crippen molar-refractivity contribution < 1.29 is 18.0 Å². The highest BCUT2D eigenvalue weighted by Gasteiger charge is 2.45. The summed E-state index contributed by atoms with van der Waals surface area (Å²) < 4.78 is 41.2. The number of halogens is 4. The molecule has 2 aromatic rings.